The van der Waals surface area contributed by atoms with E-state index in [-0.39, 0.29) is 16.7 Å². The van der Waals surface area contributed by atoms with Crippen molar-refractivity contribution in [2.24, 2.45) is 22.7 Å². The number of rotatable bonds is 3. The van der Waals surface area contributed by atoms with Crippen LogP contribution in [0.4, 0.5) is 0 Å². The summed E-state index contributed by atoms with van der Waals surface area (Å²) in [5.74, 6) is -3.75. The van der Waals surface area contributed by atoms with Crippen LogP contribution in [0.2, 0.25) is 0 Å². The quantitative estimate of drug-likeness (QED) is 0.372. The van der Waals surface area contributed by atoms with Crippen molar-refractivity contribution in [2.75, 3.05) is 6.61 Å². The van der Waals surface area contributed by atoms with Crippen LogP contribution in [-0.4, -0.2) is 51.7 Å². The van der Waals surface area contributed by atoms with Gasteiger partial charge in [0.2, 0.25) is 11.6 Å². The molecule has 0 saturated heterocycles. The zero-order chi connectivity index (χ0) is 21.9. The van der Waals surface area contributed by atoms with E-state index in [1.54, 1.807) is 13.8 Å². The smallest absolute Gasteiger partial charge is 0.303 e. The van der Waals surface area contributed by atoms with Crippen LogP contribution in [0.3, 0.4) is 0 Å². The van der Waals surface area contributed by atoms with Gasteiger partial charge in [-0.3, -0.25) is 14.4 Å². The first kappa shape index (κ1) is 21.7. The number of carbonyl (C=O) groups is 3. The summed E-state index contributed by atoms with van der Waals surface area (Å²) in [6.07, 6.45) is -0.696. The van der Waals surface area contributed by atoms with E-state index in [2.05, 4.69) is 0 Å². The summed E-state index contributed by atoms with van der Waals surface area (Å²) in [7, 11) is 0. The molecule has 0 bridgehead atoms. The predicted octanol–water partition coefficient (Wildman–Crippen LogP) is 2.01. The molecule has 0 unspecified atom stereocenters. The maximum atomic E-state index is 13.3. The molecule has 3 rings (SSSR count). The molecule has 0 spiro atoms. The molecule has 4 atom stereocenters. The Labute approximate surface area is 170 Å². The summed E-state index contributed by atoms with van der Waals surface area (Å²) in [6, 6.07) is 0. The Kier molecular flexibility index (Phi) is 5.28. The van der Waals surface area contributed by atoms with E-state index in [0.29, 0.717) is 12.8 Å². The van der Waals surface area contributed by atoms with Crippen molar-refractivity contribution < 1.29 is 34.4 Å². The minimum atomic E-state index is -1.28. The average molecular weight is 406 g/mol. The third kappa shape index (κ3) is 2.97. The van der Waals surface area contributed by atoms with Crippen LogP contribution in [-0.2, 0) is 19.1 Å². The number of allylic oxidation sites excluding steroid dienone is 1. The molecule has 0 heterocycles. The Bertz CT molecular complexity index is 832. The molecule has 0 aromatic rings. The molecule has 0 aromatic carbocycles. The van der Waals surface area contributed by atoms with Gasteiger partial charge in [0.15, 0.2) is 6.10 Å². The lowest BCUT2D eigenvalue weighted by molar-refractivity contribution is -0.171. The fraction of sp³-hybridized carbons (Fsp3) is 0.682. The topological polar surface area (TPSA) is 121 Å². The second-order valence-corrected chi connectivity index (χ2v) is 9.52. The van der Waals surface area contributed by atoms with E-state index in [1.807, 2.05) is 13.8 Å². The van der Waals surface area contributed by atoms with Gasteiger partial charge in [-0.15, -0.1) is 0 Å². The van der Waals surface area contributed by atoms with E-state index < -0.39 is 64.8 Å². The van der Waals surface area contributed by atoms with Gasteiger partial charge in [0.25, 0.3) is 0 Å². The van der Waals surface area contributed by atoms with E-state index in [9.17, 15) is 29.7 Å². The number of hydrogen-bond acceptors (Lipinski definition) is 7. The molecule has 3 aliphatic rings. The van der Waals surface area contributed by atoms with Crippen molar-refractivity contribution in [3.05, 3.63) is 22.5 Å². The lowest BCUT2D eigenvalue weighted by Gasteiger charge is -2.58. The number of Topliss-reactive ketones (excluding diaryl/α,β-unsaturated/α-hetero) is 2. The summed E-state index contributed by atoms with van der Waals surface area (Å²) < 4.78 is 5.40. The van der Waals surface area contributed by atoms with Crippen molar-refractivity contribution in [3.63, 3.8) is 0 Å². The van der Waals surface area contributed by atoms with E-state index in [4.69, 9.17) is 4.74 Å². The second-order valence-electron chi connectivity index (χ2n) is 9.52. The maximum Gasteiger partial charge on any atom is 0.303 e. The fourth-order valence-electron chi connectivity index (χ4n) is 5.93. The Morgan fingerprint density at radius 3 is 2.34 bits per heavy atom. The van der Waals surface area contributed by atoms with Crippen LogP contribution in [0.25, 0.3) is 0 Å². The first-order chi connectivity index (χ1) is 13.4. The summed E-state index contributed by atoms with van der Waals surface area (Å²) in [4.78, 5) is 38.0. The largest absolute Gasteiger partial charge is 0.507 e. The number of hydrogen-bond donors (Lipinski definition) is 3. The molecule has 1 fully saturated rings. The molecule has 0 aromatic heterocycles. The number of carbonyl (C=O) groups excluding carboxylic acids is 3. The monoisotopic (exact) mass is 406 g/mol. The number of esters is 1. The minimum absolute atomic E-state index is 0.00113. The summed E-state index contributed by atoms with van der Waals surface area (Å²) in [5.41, 5.74) is -1.75. The highest BCUT2D eigenvalue weighted by atomic mass is 16.6. The Hall–Kier alpha value is -1.99. The van der Waals surface area contributed by atoms with E-state index >= 15 is 0 Å². The molecule has 0 amide bonds. The van der Waals surface area contributed by atoms with Crippen LogP contribution in [0, 0.1) is 22.7 Å². The lowest BCUT2D eigenvalue weighted by atomic mass is 9.47. The number of fused-ring (bicyclic) bond motifs is 2. The lowest BCUT2D eigenvalue weighted by Crippen LogP contribution is -2.62. The molecular formula is C22H30O7. The van der Waals surface area contributed by atoms with Crippen LogP contribution >= 0.6 is 0 Å². The molecule has 0 aliphatic heterocycles. The van der Waals surface area contributed by atoms with Gasteiger partial charge in [0, 0.05) is 35.0 Å². The molecule has 7 nitrogen and oxygen atoms in total. The maximum absolute atomic E-state index is 13.3. The van der Waals surface area contributed by atoms with Crippen LogP contribution in [0.5, 0.6) is 0 Å². The van der Waals surface area contributed by atoms with Gasteiger partial charge >= 0.3 is 5.97 Å². The SMILES string of the molecule is CC(=O)O[C@H]1C2=C(C(=O)C(=O)C(C(C)C)=C2O)[C@@]2(CO)CCCC(C)(C)[C@@H]2[C@@H]1O. The number of aliphatic hydroxyl groups is 3. The summed E-state index contributed by atoms with van der Waals surface area (Å²) in [5, 5.41) is 32.8. The second kappa shape index (κ2) is 7.06. The standard InChI is InChI=1S/C22H30O7/c1-10(2)12-15(25)13-14(17(27)16(12)26)22(9-23)8-6-7-21(4,5)20(22)18(28)19(13)29-11(3)24/h10,18-20,23,25,28H,6-9H2,1-5H3/t18-,19+,20+,22+/m1/s1. The molecule has 29 heavy (non-hydrogen) atoms. The normalized spacial score (nSPS) is 34.3. The summed E-state index contributed by atoms with van der Waals surface area (Å²) in [6.45, 7) is 7.96. The summed E-state index contributed by atoms with van der Waals surface area (Å²) >= 11 is 0. The van der Waals surface area contributed by atoms with Gasteiger partial charge < -0.3 is 20.1 Å². The highest BCUT2D eigenvalue weighted by Crippen LogP contribution is 2.61. The van der Waals surface area contributed by atoms with Gasteiger partial charge in [-0.25, -0.2) is 0 Å². The van der Waals surface area contributed by atoms with E-state index in [0.717, 1.165) is 6.42 Å². The van der Waals surface area contributed by atoms with Gasteiger partial charge in [-0.1, -0.05) is 34.1 Å². The number of aliphatic hydroxyl groups excluding tert-OH is 3. The molecule has 3 N–H and O–H groups in total. The Morgan fingerprint density at radius 2 is 1.83 bits per heavy atom. The first-order valence-corrected chi connectivity index (χ1v) is 10.1. The van der Waals surface area contributed by atoms with Gasteiger partial charge in [0.05, 0.1) is 12.7 Å². The van der Waals surface area contributed by atoms with Crippen molar-refractivity contribution in [3.8, 4) is 0 Å². The van der Waals surface area contributed by atoms with Gasteiger partial charge in [-0.2, -0.15) is 0 Å². The van der Waals surface area contributed by atoms with Crippen molar-refractivity contribution in [1.82, 2.24) is 0 Å². The van der Waals surface area contributed by atoms with Crippen LogP contribution < -0.4 is 0 Å². The highest BCUT2D eigenvalue weighted by molar-refractivity contribution is 6.50. The molecule has 1 saturated carbocycles. The third-order valence-electron chi connectivity index (χ3n) is 6.93. The van der Waals surface area contributed by atoms with E-state index in [1.165, 1.54) is 6.92 Å². The zero-order valence-corrected chi connectivity index (χ0v) is 17.6. The van der Waals surface area contributed by atoms with Gasteiger partial charge in [0.1, 0.15) is 5.76 Å². The molecular weight excluding hydrogens is 376 g/mol. The van der Waals surface area contributed by atoms with Crippen molar-refractivity contribution >= 4 is 17.5 Å². The fourth-order valence-corrected chi connectivity index (χ4v) is 5.93. The molecule has 0 radical (unpaired) electrons. The number of ether oxygens (including phenoxy) is 1. The Balaban J connectivity index is 2.40. The first-order valence-electron chi connectivity index (χ1n) is 10.1. The Morgan fingerprint density at radius 1 is 1.21 bits per heavy atom. The molecule has 3 aliphatic carbocycles. The zero-order valence-electron chi connectivity index (χ0n) is 17.6. The van der Waals surface area contributed by atoms with Crippen molar-refractivity contribution in [1.29, 1.82) is 0 Å². The predicted molar refractivity (Wildman–Crippen MR) is 104 cm³/mol. The number of ketones is 2. The highest BCUT2D eigenvalue weighted by Gasteiger charge is 2.64. The van der Waals surface area contributed by atoms with Gasteiger partial charge in [-0.05, 0) is 24.2 Å². The minimum Gasteiger partial charge on any atom is -0.507 e. The van der Waals surface area contributed by atoms with Crippen molar-refractivity contribution in [2.45, 2.75) is 66.1 Å². The van der Waals surface area contributed by atoms with Crippen LogP contribution in [0.15, 0.2) is 22.5 Å². The third-order valence-corrected chi connectivity index (χ3v) is 6.93. The molecule has 7 heteroatoms. The van der Waals surface area contributed by atoms with Crippen LogP contribution in [0.1, 0.15) is 53.9 Å². The average Bonchev–Trinajstić information content (AvgIpc) is 2.60. The molecule has 160 valence electrons.